The minimum atomic E-state index is -0.374. The van der Waals surface area contributed by atoms with Gasteiger partial charge in [-0.15, -0.1) is 0 Å². The molecule has 2 fully saturated rings. The van der Waals surface area contributed by atoms with Crippen molar-refractivity contribution in [1.82, 2.24) is 9.80 Å². The smallest absolute Gasteiger partial charge is 0.283 e. The number of halogens is 1. The number of fused-ring (bicyclic) bond motifs is 1. The molecule has 0 aromatic heterocycles. The second-order valence-electron chi connectivity index (χ2n) is 5.52. The molecule has 0 saturated carbocycles. The van der Waals surface area contributed by atoms with E-state index in [0.717, 1.165) is 31.6 Å². The Hall–Kier alpha value is -1.47. The van der Waals surface area contributed by atoms with Crippen LogP contribution in [0.2, 0.25) is 0 Å². The number of rotatable bonds is 3. The number of nitro groups is 1. The van der Waals surface area contributed by atoms with Gasteiger partial charge in [-0.05, 0) is 27.9 Å². The number of hydrogen-bond donors (Lipinski definition) is 0. The van der Waals surface area contributed by atoms with Gasteiger partial charge in [0.25, 0.3) is 5.69 Å². The molecule has 1 unspecified atom stereocenters. The van der Waals surface area contributed by atoms with Crippen molar-refractivity contribution in [3.05, 3.63) is 38.3 Å². The van der Waals surface area contributed by atoms with Crippen molar-refractivity contribution in [3.63, 3.8) is 0 Å². The SMILES string of the molecule is O=C1CCC2CN(Cc3cccc([N+](=O)[O-])c3Br)CCN12. The number of carbonyl (C=O) groups excluding carboxylic acids is 1. The van der Waals surface area contributed by atoms with E-state index in [2.05, 4.69) is 20.8 Å². The van der Waals surface area contributed by atoms with Gasteiger partial charge in [-0.3, -0.25) is 19.8 Å². The number of hydrogen-bond acceptors (Lipinski definition) is 4. The topological polar surface area (TPSA) is 66.7 Å². The van der Waals surface area contributed by atoms with E-state index in [1.54, 1.807) is 6.07 Å². The molecule has 0 bridgehead atoms. The van der Waals surface area contributed by atoms with Crippen LogP contribution >= 0.6 is 15.9 Å². The summed E-state index contributed by atoms with van der Waals surface area (Å²) < 4.78 is 0.555. The summed E-state index contributed by atoms with van der Waals surface area (Å²) in [7, 11) is 0. The van der Waals surface area contributed by atoms with Crippen LogP contribution in [0.4, 0.5) is 5.69 Å². The maximum Gasteiger partial charge on any atom is 0.283 e. The highest BCUT2D eigenvalue weighted by Gasteiger charge is 2.35. The Labute approximate surface area is 131 Å². The van der Waals surface area contributed by atoms with Gasteiger partial charge in [-0.2, -0.15) is 0 Å². The molecule has 2 heterocycles. The molecule has 0 N–H and O–H groups in total. The van der Waals surface area contributed by atoms with Gasteiger partial charge >= 0.3 is 0 Å². The third kappa shape index (κ3) is 2.80. The van der Waals surface area contributed by atoms with E-state index in [4.69, 9.17) is 0 Å². The summed E-state index contributed by atoms with van der Waals surface area (Å²) in [4.78, 5) is 26.5. The fraction of sp³-hybridized carbons (Fsp3) is 0.500. The largest absolute Gasteiger partial charge is 0.337 e. The van der Waals surface area contributed by atoms with E-state index >= 15 is 0 Å². The molecule has 7 heteroatoms. The van der Waals surface area contributed by atoms with Gasteiger partial charge in [0, 0.05) is 44.7 Å². The predicted octanol–water partition coefficient (Wildman–Crippen LogP) is 2.16. The molecule has 0 radical (unpaired) electrons. The molecule has 1 aromatic carbocycles. The van der Waals surface area contributed by atoms with Crippen LogP contribution in [0, 0.1) is 10.1 Å². The van der Waals surface area contributed by atoms with Crippen LogP contribution in [0.5, 0.6) is 0 Å². The van der Waals surface area contributed by atoms with Crippen molar-refractivity contribution in [2.24, 2.45) is 0 Å². The Morgan fingerprint density at radius 1 is 1.38 bits per heavy atom. The lowest BCUT2D eigenvalue weighted by atomic mass is 10.1. The van der Waals surface area contributed by atoms with Gasteiger partial charge in [0.15, 0.2) is 0 Å². The van der Waals surface area contributed by atoms with Gasteiger partial charge in [0.2, 0.25) is 5.91 Å². The minimum Gasteiger partial charge on any atom is -0.337 e. The summed E-state index contributed by atoms with van der Waals surface area (Å²) in [6.45, 7) is 3.09. The van der Waals surface area contributed by atoms with Crippen molar-refractivity contribution in [3.8, 4) is 0 Å². The molecule has 0 spiro atoms. The van der Waals surface area contributed by atoms with Crippen LogP contribution in [0.25, 0.3) is 0 Å². The Kier molecular flexibility index (Phi) is 3.95. The normalized spacial score (nSPS) is 22.4. The van der Waals surface area contributed by atoms with Gasteiger partial charge < -0.3 is 4.90 Å². The fourth-order valence-electron chi connectivity index (χ4n) is 3.14. The lowest BCUT2D eigenvalue weighted by Gasteiger charge is -2.37. The predicted molar refractivity (Wildman–Crippen MR) is 80.8 cm³/mol. The zero-order chi connectivity index (χ0) is 15.0. The number of carbonyl (C=O) groups is 1. The molecule has 2 aliphatic heterocycles. The third-order valence-electron chi connectivity index (χ3n) is 4.23. The monoisotopic (exact) mass is 353 g/mol. The van der Waals surface area contributed by atoms with Gasteiger partial charge in [0.05, 0.1) is 9.40 Å². The van der Waals surface area contributed by atoms with E-state index in [0.29, 0.717) is 23.5 Å². The molecule has 1 amide bonds. The number of nitro benzene ring substituents is 1. The van der Waals surface area contributed by atoms with E-state index in [9.17, 15) is 14.9 Å². The van der Waals surface area contributed by atoms with Crippen LogP contribution in [-0.4, -0.2) is 46.3 Å². The van der Waals surface area contributed by atoms with Crippen molar-refractivity contribution in [2.75, 3.05) is 19.6 Å². The highest BCUT2D eigenvalue weighted by molar-refractivity contribution is 9.10. The molecule has 2 aliphatic rings. The number of nitrogens with zero attached hydrogens (tertiary/aromatic N) is 3. The Morgan fingerprint density at radius 2 is 2.19 bits per heavy atom. The molecular formula is C14H16BrN3O3. The molecule has 21 heavy (non-hydrogen) atoms. The molecule has 1 aromatic rings. The van der Waals surface area contributed by atoms with E-state index in [-0.39, 0.29) is 16.5 Å². The zero-order valence-corrected chi connectivity index (χ0v) is 13.1. The summed E-state index contributed by atoms with van der Waals surface area (Å²) in [6.07, 6.45) is 1.57. The van der Waals surface area contributed by atoms with E-state index in [1.807, 2.05) is 11.0 Å². The maximum absolute atomic E-state index is 11.7. The molecular weight excluding hydrogens is 338 g/mol. The van der Waals surface area contributed by atoms with Gasteiger partial charge in [-0.25, -0.2) is 0 Å². The first-order chi connectivity index (χ1) is 10.1. The van der Waals surface area contributed by atoms with Crippen LogP contribution < -0.4 is 0 Å². The Morgan fingerprint density at radius 3 is 2.95 bits per heavy atom. The van der Waals surface area contributed by atoms with Gasteiger partial charge in [-0.1, -0.05) is 12.1 Å². The lowest BCUT2D eigenvalue weighted by Crippen LogP contribution is -2.50. The highest BCUT2D eigenvalue weighted by Crippen LogP contribution is 2.30. The van der Waals surface area contributed by atoms with E-state index in [1.165, 1.54) is 6.07 Å². The van der Waals surface area contributed by atoms with Crippen LogP contribution in [-0.2, 0) is 11.3 Å². The van der Waals surface area contributed by atoms with Crippen LogP contribution in [0.1, 0.15) is 18.4 Å². The summed E-state index contributed by atoms with van der Waals surface area (Å²) in [5.41, 5.74) is 1.02. The zero-order valence-electron chi connectivity index (χ0n) is 11.5. The number of amides is 1. The lowest BCUT2D eigenvalue weighted by molar-refractivity contribution is -0.385. The second kappa shape index (κ2) is 5.73. The van der Waals surface area contributed by atoms with Gasteiger partial charge in [0.1, 0.15) is 0 Å². The standard InChI is InChI=1S/C14H16BrN3O3/c15-14-10(2-1-3-12(14)18(20)21)8-16-6-7-17-11(9-16)4-5-13(17)19/h1-3,11H,4-9H2. The second-order valence-corrected chi connectivity index (χ2v) is 6.32. The summed E-state index contributed by atoms with van der Waals surface area (Å²) in [5, 5.41) is 11.0. The quantitative estimate of drug-likeness (QED) is 0.616. The molecule has 112 valence electrons. The first-order valence-corrected chi connectivity index (χ1v) is 7.79. The number of piperazine rings is 1. The highest BCUT2D eigenvalue weighted by atomic mass is 79.9. The molecule has 1 atom stereocenters. The average molecular weight is 354 g/mol. The summed E-state index contributed by atoms with van der Waals surface area (Å²) >= 11 is 3.34. The summed E-state index contributed by atoms with van der Waals surface area (Å²) in [6, 6.07) is 5.43. The first kappa shape index (κ1) is 14.5. The maximum atomic E-state index is 11.7. The van der Waals surface area contributed by atoms with E-state index < -0.39 is 0 Å². The molecule has 3 rings (SSSR count). The molecule has 2 saturated heterocycles. The Balaban J connectivity index is 1.72. The van der Waals surface area contributed by atoms with Crippen LogP contribution in [0.3, 0.4) is 0 Å². The van der Waals surface area contributed by atoms with Crippen molar-refractivity contribution < 1.29 is 9.72 Å². The third-order valence-corrected chi connectivity index (χ3v) is 5.14. The molecule has 0 aliphatic carbocycles. The Bertz CT molecular complexity index is 593. The minimum absolute atomic E-state index is 0.0992. The number of benzene rings is 1. The summed E-state index contributed by atoms with van der Waals surface area (Å²) in [5.74, 6) is 0.260. The van der Waals surface area contributed by atoms with Crippen molar-refractivity contribution in [2.45, 2.75) is 25.4 Å². The van der Waals surface area contributed by atoms with Crippen molar-refractivity contribution >= 4 is 27.5 Å². The van der Waals surface area contributed by atoms with Crippen LogP contribution in [0.15, 0.2) is 22.7 Å². The fourth-order valence-corrected chi connectivity index (χ4v) is 3.68. The molecule has 6 nitrogen and oxygen atoms in total. The average Bonchev–Trinajstić information content (AvgIpc) is 2.82. The first-order valence-electron chi connectivity index (χ1n) is 7.00. The van der Waals surface area contributed by atoms with Crippen molar-refractivity contribution in [1.29, 1.82) is 0 Å².